The minimum Gasteiger partial charge on any atom is -0.396 e. The molecule has 0 radical (unpaired) electrons. The van der Waals surface area contributed by atoms with Gasteiger partial charge in [0.2, 0.25) is 20.0 Å². The first-order valence-electron chi connectivity index (χ1n) is 17.7. The van der Waals surface area contributed by atoms with Crippen LogP contribution in [0.1, 0.15) is 47.5 Å². The second-order valence-corrected chi connectivity index (χ2v) is 17.3. The van der Waals surface area contributed by atoms with Crippen molar-refractivity contribution in [3.63, 3.8) is 0 Å². The van der Waals surface area contributed by atoms with E-state index >= 15 is 0 Å². The van der Waals surface area contributed by atoms with E-state index in [0.29, 0.717) is 44.4 Å². The molecule has 13 heteroatoms. The van der Waals surface area contributed by atoms with Gasteiger partial charge in [0.05, 0.1) is 9.79 Å². The van der Waals surface area contributed by atoms with Crippen molar-refractivity contribution in [1.29, 1.82) is 0 Å². The fraction of sp³-hybridized carbons (Fsp3) is 0.474. The lowest BCUT2D eigenvalue weighted by Crippen LogP contribution is -2.47. The highest BCUT2D eigenvalue weighted by Crippen LogP contribution is 2.20. The summed E-state index contributed by atoms with van der Waals surface area (Å²) in [6, 6.07) is 25.3. The van der Waals surface area contributed by atoms with E-state index < -0.39 is 26.1 Å². The summed E-state index contributed by atoms with van der Waals surface area (Å²) in [6.07, 6.45) is 1.25. The van der Waals surface area contributed by atoms with E-state index in [1.54, 1.807) is 30.3 Å². The predicted molar refractivity (Wildman–Crippen MR) is 209 cm³/mol. The minimum absolute atomic E-state index is 0.0932. The van der Waals surface area contributed by atoms with Crippen molar-refractivity contribution in [2.75, 3.05) is 32.8 Å². The maximum atomic E-state index is 12.8. The Morgan fingerprint density at radius 2 is 1.14 bits per heavy atom. The summed E-state index contributed by atoms with van der Waals surface area (Å²) in [5, 5.41) is 19.8. The normalized spacial score (nSPS) is 14.7. The minimum atomic E-state index is -3.68. The molecule has 0 aliphatic heterocycles. The molecule has 0 saturated heterocycles. The van der Waals surface area contributed by atoms with E-state index in [9.17, 15) is 21.9 Å². The summed E-state index contributed by atoms with van der Waals surface area (Å²) >= 11 is 0. The van der Waals surface area contributed by atoms with Gasteiger partial charge in [0, 0.05) is 57.0 Å². The summed E-state index contributed by atoms with van der Waals surface area (Å²) in [4.78, 5) is 0.508. The van der Waals surface area contributed by atoms with Crippen LogP contribution in [0.25, 0.3) is 21.5 Å². The van der Waals surface area contributed by atoms with Crippen molar-refractivity contribution in [1.82, 2.24) is 20.1 Å². The molecule has 0 aliphatic carbocycles. The lowest BCUT2D eigenvalue weighted by Gasteiger charge is -2.24. The van der Waals surface area contributed by atoms with Crippen LogP contribution in [0.3, 0.4) is 0 Å². The van der Waals surface area contributed by atoms with Gasteiger partial charge in [-0.2, -0.15) is 0 Å². The quantitative estimate of drug-likeness (QED) is 0.0748. The molecule has 4 atom stereocenters. The summed E-state index contributed by atoms with van der Waals surface area (Å²) in [7, 11) is -7.23. The smallest absolute Gasteiger partial charge is 0.240 e. The molecule has 282 valence electrons. The van der Waals surface area contributed by atoms with E-state index in [4.69, 9.17) is 11.5 Å². The van der Waals surface area contributed by atoms with Gasteiger partial charge in [-0.25, -0.2) is 26.3 Å². The molecule has 51 heavy (non-hydrogen) atoms. The van der Waals surface area contributed by atoms with Crippen LogP contribution in [-0.4, -0.2) is 78.9 Å². The number of nitrogens with one attached hydrogen (secondary N) is 4. The third-order valence-electron chi connectivity index (χ3n) is 8.66. The Labute approximate surface area is 305 Å². The molecule has 0 fully saturated rings. The van der Waals surface area contributed by atoms with Crippen molar-refractivity contribution >= 4 is 41.6 Å². The molecule has 0 saturated carbocycles. The van der Waals surface area contributed by atoms with Crippen LogP contribution in [0.5, 0.6) is 0 Å². The molecular formula is C38H58N6O5S2. The van der Waals surface area contributed by atoms with Gasteiger partial charge in [-0.3, -0.25) is 0 Å². The van der Waals surface area contributed by atoms with E-state index in [0.717, 1.165) is 28.0 Å². The number of rotatable bonds is 19. The van der Waals surface area contributed by atoms with Crippen LogP contribution < -0.4 is 31.5 Å². The Balaban J connectivity index is 0.000000277. The first kappa shape index (κ1) is 42.4. The van der Waals surface area contributed by atoms with Crippen molar-refractivity contribution in [2.45, 2.75) is 81.4 Å². The van der Waals surface area contributed by atoms with E-state index in [-0.39, 0.29) is 34.5 Å². The zero-order valence-corrected chi connectivity index (χ0v) is 32.2. The molecule has 4 aromatic carbocycles. The number of aliphatic hydroxyl groups is 1. The van der Waals surface area contributed by atoms with Crippen molar-refractivity contribution in [3.8, 4) is 0 Å². The number of sulfonamides is 2. The van der Waals surface area contributed by atoms with Gasteiger partial charge in [-0.15, -0.1) is 0 Å². The summed E-state index contributed by atoms with van der Waals surface area (Å²) in [5.74, 6) is 0.899. The largest absolute Gasteiger partial charge is 0.396 e. The Morgan fingerprint density at radius 1 is 0.627 bits per heavy atom. The Kier molecular flexibility index (Phi) is 16.9. The van der Waals surface area contributed by atoms with E-state index in [1.165, 1.54) is 0 Å². The van der Waals surface area contributed by atoms with Crippen LogP contribution in [0.15, 0.2) is 94.7 Å². The fourth-order valence-corrected chi connectivity index (χ4v) is 8.33. The Morgan fingerprint density at radius 3 is 1.59 bits per heavy atom. The van der Waals surface area contributed by atoms with Crippen LogP contribution in [-0.2, 0) is 20.0 Å². The molecule has 0 aromatic heterocycles. The fourth-order valence-electron chi connectivity index (χ4n) is 5.75. The van der Waals surface area contributed by atoms with Crippen molar-refractivity contribution < 1.29 is 21.9 Å². The Hall–Kier alpha value is -2.98. The monoisotopic (exact) mass is 742 g/mol. The number of hydrogen-bond acceptors (Lipinski definition) is 9. The second-order valence-electron chi connectivity index (χ2n) is 13.8. The molecule has 11 nitrogen and oxygen atoms in total. The highest BCUT2D eigenvalue weighted by molar-refractivity contribution is 7.89. The maximum absolute atomic E-state index is 12.8. The van der Waals surface area contributed by atoms with Gasteiger partial charge in [0.15, 0.2) is 0 Å². The summed E-state index contributed by atoms with van der Waals surface area (Å²) in [6.45, 7) is 12.2. The lowest BCUT2D eigenvalue weighted by atomic mass is 10.0. The molecule has 4 aromatic rings. The van der Waals surface area contributed by atoms with Gasteiger partial charge in [-0.05, 0) is 77.4 Å². The van der Waals surface area contributed by atoms with Crippen LogP contribution in [0, 0.1) is 11.8 Å². The zero-order valence-electron chi connectivity index (χ0n) is 30.5. The predicted octanol–water partition coefficient (Wildman–Crippen LogP) is 3.91. The highest BCUT2D eigenvalue weighted by atomic mass is 32.2. The number of benzene rings is 4. The van der Waals surface area contributed by atoms with E-state index in [2.05, 4.69) is 47.8 Å². The summed E-state index contributed by atoms with van der Waals surface area (Å²) < 4.78 is 56.2. The van der Waals surface area contributed by atoms with Crippen LogP contribution in [0.4, 0.5) is 0 Å². The van der Waals surface area contributed by atoms with E-state index in [1.807, 2.05) is 61.5 Å². The average molecular weight is 743 g/mol. The van der Waals surface area contributed by atoms with Gasteiger partial charge >= 0.3 is 0 Å². The van der Waals surface area contributed by atoms with Crippen molar-refractivity contribution in [2.24, 2.45) is 23.3 Å². The SMILES string of the molecule is CC(C)C[C@H](CN)NC[C@H](CCO)NS(=O)(=O)c1ccc2ccccc2c1.CC(C)[C@H](CN)NC[C@H](C)NS(=O)(=O)c1ccc2ccccc2c1. The number of hydrogen-bond donors (Lipinski definition) is 7. The molecule has 0 amide bonds. The molecule has 0 aliphatic rings. The number of nitrogens with two attached hydrogens (primary N) is 2. The van der Waals surface area contributed by atoms with Gasteiger partial charge in [-0.1, -0.05) is 88.4 Å². The summed E-state index contributed by atoms with van der Waals surface area (Å²) in [5.41, 5.74) is 11.5. The molecule has 9 N–H and O–H groups in total. The Bertz CT molecular complexity index is 1870. The highest BCUT2D eigenvalue weighted by Gasteiger charge is 2.22. The molecule has 0 bridgehead atoms. The third kappa shape index (κ3) is 13.5. The number of aliphatic hydroxyl groups excluding tert-OH is 1. The molecule has 0 spiro atoms. The van der Waals surface area contributed by atoms with Gasteiger partial charge in [0.1, 0.15) is 0 Å². The molecule has 0 heterocycles. The van der Waals surface area contributed by atoms with Gasteiger partial charge in [0.25, 0.3) is 0 Å². The van der Waals surface area contributed by atoms with Crippen LogP contribution >= 0.6 is 0 Å². The van der Waals surface area contributed by atoms with Crippen molar-refractivity contribution in [3.05, 3.63) is 84.9 Å². The first-order valence-corrected chi connectivity index (χ1v) is 20.7. The first-order chi connectivity index (χ1) is 24.2. The molecule has 4 rings (SSSR count). The topological polar surface area (TPSA) is 189 Å². The molecular weight excluding hydrogens is 685 g/mol. The number of fused-ring (bicyclic) bond motifs is 2. The maximum Gasteiger partial charge on any atom is 0.240 e. The van der Waals surface area contributed by atoms with Gasteiger partial charge < -0.3 is 27.2 Å². The standard InChI is InChI=1S/C20H31N3O3S.C18H27N3O2S/c1-15(2)11-19(13-21)22-14-18(9-10-24)23-27(25,26)20-8-7-16-5-3-4-6-17(16)12-20;1-13(2)18(11-19)20-12-14(3)21-24(22,23)17-9-8-15-6-4-5-7-16(15)10-17/h3-8,12,15,18-19,22-24H,9-11,13-14,21H2,1-2H3;4-10,13-14,18,20-21H,11-12,19H2,1-3H3/t18-,19+;14-,18-/m00/s1. The average Bonchev–Trinajstić information content (AvgIpc) is 3.09. The lowest BCUT2D eigenvalue weighted by molar-refractivity contribution is 0.266. The second kappa shape index (κ2) is 20.3. The zero-order chi connectivity index (χ0) is 37.6. The third-order valence-corrected chi connectivity index (χ3v) is 11.8. The van der Waals surface area contributed by atoms with Crippen LogP contribution in [0.2, 0.25) is 0 Å². The molecule has 0 unspecified atom stereocenters.